The molecule has 0 amide bonds. The molecular weight excluding hydrogens is 444 g/mol. The molecule has 0 spiro atoms. The fourth-order valence-corrected chi connectivity index (χ4v) is 4.40. The summed E-state index contributed by atoms with van der Waals surface area (Å²) < 4.78 is 6.62. The Morgan fingerprint density at radius 1 is 1.17 bits per heavy atom. The van der Waals surface area contributed by atoms with Crippen LogP contribution >= 0.6 is 15.9 Å². The van der Waals surface area contributed by atoms with Gasteiger partial charge in [0.05, 0.1) is 5.92 Å². The smallest absolute Gasteiger partial charge is 0.205 e. The van der Waals surface area contributed by atoms with E-state index in [2.05, 4.69) is 22.0 Å². The standard InChI is InChI=1S/C22H17BrN2O2.C2H6O/c23-17-9-5-4-8-15(17)20-16(12-24)22(25)27-19-11-14(10-18(26)21(19)20)13-6-2-1-3-7-13;1-2-3/h1-9,14,20H,10-11,25H2;3H,2H2,1H3. The zero-order valence-electron chi connectivity index (χ0n) is 16.6. The zero-order valence-corrected chi connectivity index (χ0v) is 18.2. The van der Waals surface area contributed by atoms with Crippen LogP contribution in [0, 0.1) is 11.3 Å². The minimum atomic E-state index is -0.501. The molecular formula is C24H23BrN2O3. The molecule has 4 rings (SSSR count). The topological polar surface area (TPSA) is 96.3 Å². The molecule has 5 nitrogen and oxygen atoms in total. The van der Waals surface area contributed by atoms with Gasteiger partial charge < -0.3 is 15.6 Å². The van der Waals surface area contributed by atoms with Crippen molar-refractivity contribution in [1.82, 2.24) is 0 Å². The first-order valence-electron chi connectivity index (χ1n) is 9.75. The highest BCUT2D eigenvalue weighted by Gasteiger charge is 2.41. The van der Waals surface area contributed by atoms with E-state index < -0.39 is 5.92 Å². The molecule has 0 bridgehead atoms. The average molecular weight is 467 g/mol. The normalized spacial score (nSPS) is 20.5. The number of ketones is 1. The first-order valence-corrected chi connectivity index (χ1v) is 10.5. The molecule has 2 aromatic rings. The number of nitriles is 1. The third kappa shape index (κ3) is 4.33. The monoisotopic (exact) mass is 466 g/mol. The highest BCUT2D eigenvalue weighted by atomic mass is 79.9. The van der Waals surface area contributed by atoms with Crippen LogP contribution in [0.3, 0.4) is 0 Å². The van der Waals surface area contributed by atoms with E-state index in [1.807, 2.05) is 54.6 Å². The highest BCUT2D eigenvalue weighted by molar-refractivity contribution is 9.10. The summed E-state index contributed by atoms with van der Waals surface area (Å²) in [5, 5.41) is 17.2. The van der Waals surface area contributed by atoms with Gasteiger partial charge in [-0.3, -0.25) is 4.79 Å². The molecule has 2 atom stereocenters. The lowest BCUT2D eigenvalue weighted by Gasteiger charge is -2.34. The van der Waals surface area contributed by atoms with Crippen molar-refractivity contribution < 1.29 is 14.6 Å². The van der Waals surface area contributed by atoms with Crippen molar-refractivity contribution in [3.8, 4) is 6.07 Å². The van der Waals surface area contributed by atoms with E-state index in [1.54, 1.807) is 6.92 Å². The number of halogens is 1. The SMILES string of the molecule is CCO.N#CC1=C(N)OC2=C(C(=O)CC(c3ccccc3)C2)C1c1ccccc1Br. The van der Waals surface area contributed by atoms with Gasteiger partial charge in [-0.1, -0.05) is 64.5 Å². The van der Waals surface area contributed by atoms with Crippen molar-refractivity contribution in [2.45, 2.75) is 31.6 Å². The summed E-state index contributed by atoms with van der Waals surface area (Å²) in [6.07, 6.45) is 0.983. The zero-order chi connectivity index (χ0) is 21.7. The van der Waals surface area contributed by atoms with Gasteiger partial charge in [-0.05, 0) is 30.0 Å². The van der Waals surface area contributed by atoms with Gasteiger partial charge >= 0.3 is 0 Å². The molecule has 6 heteroatoms. The number of allylic oxidation sites excluding steroid dienone is 3. The Bertz CT molecular complexity index is 1040. The summed E-state index contributed by atoms with van der Waals surface area (Å²) in [7, 11) is 0. The van der Waals surface area contributed by atoms with Crippen molar-refractivity contribution in [2.75, 3.05) is 6.61 Å². The summed E-state index contributed by atoms with van der Waals surface area (Å²) in [6.45, 7) is 1.93. The molecule has 1 aliphatic heterocycles. The van der Waals surface area contributed by atoms with Gasteiger partial charge in [-0.25, -0.2) is 0 Å². The first-order chi connectivity index (χ1) is 14.5. The third-order valence-electron chi connectivity index (χ3n) is 5.15. The van der Waals surface area contributed by atoms with Gasteiger partial charge in [0.15, 0.2) is 5.78 Å². The van der Waals surface area contributed by atoms with Crippen LogP contribution < -0.4 is 5.73 Å². The number of nitrogens with zero attached hydrogens (tertiary/aromatic N) is 1. The number of rotatable bonds is 2. The van der Waals surface area contributed by atoms with Gasteiger partial charge in [0, 0.05) is 29.5 Å². The molecule has 1 aliphatic carbocycles. The van der Waals surface area contributed by atoms with Crippen LogP contribution in [0.1, 0.15) is 42.7 Å². The van der Waals surface area contributed by atoms with Gasteiger partial charge in [-0.15, -0.1) is 0 Å². The maximum Gasteiger partial charge on any atom is 0.205 e. The van der Waals surface area contributed by atoms with E-state index in [1.165, 1.54) is 0 Å². The van der Waals surface area contributed by atoms with E-state index in [9.17, 15) is 10.1 Å². The van der Waals surface area contributed by atoms with Gasteiger partial charge in [-0.2, -0.15) is 5.26 Å². The fraction of sp³-hybridized carbons (Fsp3) is 0.250. The second kappa shape index (κ2) is 9.75. The largest absolute Gasteiger partial charge is 0.444 e. The molecule has 1 heterocycles. The quantitative estimate of drug-likeness (QED) is 0.670. The molecule has 2 aliphatic rings. The van der Waals surface area contributed by atoms with E-state index in [-0.39, 0.29) is 29.8 Å². The summed E-state index contributed by atoms with van der Waals surface area (Å²) in [5.74, 6) is 0.217. The molecule has 0 radical (unpaired) electrons. The predicted molar refractivity (Wildman–Crippen MR) is 118 cm³/mol. The van der Waals surface area contributed by atoms with Crippen molar-refractivity contribution in [2.24, 2.45) is 5.73 Å². The number of hydrogen-bond donors (Lipinski definition) is 2. The number of Topliss-reactive ketones (excluding diaryl/α,β-unsaturated/α-hetero) is 1. The molecule has 0 aromatic heterocycles. The minimum absolute atomic E-state index is 0.00565. The molecule has 0 saturated carbocycles. The van der Waals surface area contributed by atoms with Crippen molar-refractivity contribution in [3.63, 3.8) is 0 Å². The lowest BCUT2D eigenvalue weighted by atomic mass is 9.73. The predicted octanol–water partition coefficient (Wildman–Crippen LogP) is 4.66. The number of benzene rings is 2. The summed E-state index contributed by atoms with van der Waals surface area (Å²) in [5.41, 5.74) is 8.87. The van der Waals surface area contributed by atoms with E-state index in [4.69, 9.17) is 15.6 Å². The molecule has 154 valence electrons. The van der Waals surface area contributed by atoms with Crippen molar-refractivity contribution >= 4 is 21.7 Å². The molecule has 3 N–H and O–H groups in total. The van der Waals surface area contributed by atoms with E-state index in [0.29, 0.717) is 24.2 Å². The lowest BCUT2D eigenvalue weighted by molar-refractivity contribution is -0.117. The number of aliphatic hydroxyl groups is 1. The Kier molecular flexibility index (Phi) is 7.09. The van der Waals surface area contributed by atoms with Crippen LogP contribution in [0.4, 0.5) is 0 Å². The second-order valence-corrected chi connectivity index (χ2v) is 7.89. The van der Waals surface area contributed by atoms with E-state index in [0.717, 1.165) is 15.6 Å². The number of aliphatic hydroxyl groups excluding tert-OH is 1. The lowest BCUT2D eigenvalue weighted by Crippen LogP contribution is -2.30. The Morgan fingerprint density at radius 2 is 1.80 bits per heavy atom. The first kappa shape index (κ1) is 21.8. The van der Waals surface area contributed by atoms with Gasteiger partial charge in [0.2, 0.25) is 5.88 Å². The van der Waals surface area contributed by atoms with Crippen LogP contribution in [-0.2, 0) is 9.53 Å². The second-order valence-electron chi connectivity index (χ2n) is 7.04. The van der Waals surface area contributed by atoms with Crippen LogP contribution in [0.2, 0.25) is 0 Å². The average Bonchev–Trinajstić information content (AvgIpc) is 2.74. The molecule has 0 fully saturated rings. The third-order valence-corrected chi connectivity index (χ3v) is 5.87. The maximum absolute atomic E-state index is 13.1. The number of nitrogens with two attached hydrogens (primary N) is 1. The highest BCUT2D eigenvalue weighted by Crippen LogP contribution is 2.47. The molecule has 0 saturated heterocycles. The summed E-state index contributed by atoms with van der Waals surface area (Å²) in [6, 6.07) is 19.7. The van der Waals surface area contributed by atoms with Gasteiger partial charge in [0.25, 0.3) is 0 Å². The molecule has 2 aromatic carbocycles. The molecule has 2 unspecified atom stereocenters. The van der Waals surface area contributed by atoms with Gasteiger partial charge in [0.1, 0.15) is 17.4 Å². The van der Waals surface area contributed by atoms with Crippen LogP contribution in [-0.4, -0.2) is 17.5 Å². The van der Waals surface area contributed by atoms with Crippen LogP contribution in [0.15, 0.2) is 81.9 Å². The number of carbonyl (C=O) groups excluding carboxylic acids is 1. The summed E-state index contributed by atoms with van der Waals surface area (Å²) >= 11 is 3.55. The number of hydrogen-bond acceptors (Lipinski definition) is 5. The van der Waals surface area contributed by atoms with Crippen molar-refractivity contribution in [3.05, 3.63) is 93.0 Å². The minimum Gasteiger partial charge on any atom is -0.444 e. The Morgan fingerprint density at radius 3 is 2.43 bits per heavy atom. The van der Waals surface area contributed by atoms with Crippen LogP contribution in [0.25, 0.3) is 0 Å². The van der Waals surface area contributed by atoms with E-state index >= 15 is 0 Å². The Hall–Kier alpha value is -2.88. The van der Waals surface area contributed by atoms with Crippen molar-refractivity contribution in [1.29, 1.82) is 5.26 Å². The maximum atomic E-state index is 13.1. The Labute approximate surface area is 184 Å². The summed E-state index contributed by atoms with van der Waals surface area (Å²) in [4.78, 5) is 13.1. The molecule has 30 heavy (non-hydrogen) atoms. The van der Waals surface area contributed by atoms with Crippen LogP contribution in [0.5, 0.6) is 0 Å². The number of carbonyl (C=O) groups is 1. The fourth-order valence-electron chi connectivity index (χ4n) is 3.89. The number of ether oxygens (including phenoxy) is 1. The Balaban J connectivity index is 0.000000806.